The molecule has 1 fully saturated rings. The number of amides is 2. The van der Waals surface area contributed by atoms with Gasteiger partial charge in [0, 0.05) is 18.7 Å². The highest BCUT2D eigenvalue weighted by Crippen LogP contribution is 2.33. The molecule has 2 aromatic carbocycles. The Morgan fingerprint density at radius 2 is 1.97 bits per heavy atom. The predicted octanol–water partition coefficient (Wildman–Crippen LogP) is 4.76. The highest BCUT2D eigenvalue weighted by molar-refractivity contribution is 8.15. The van der Waals surface area contributed by atoms with Crippen LogP contribution in [-0.4, -0.2) is 33.7 Å². The molecule has 0 saturated carbocycles. The summed E-state index contributed by atoms with van der Waals surface area (Å²) in [5.74, 6) is -0.296. The van der Waals surface area contributed by atoms with Crippen molar-refractivity contribution in [1.29, 1.82) is 0 Å². The van der Waals surface area contributed by atoms with Gasteiger partial charge in [0.05, 0.1) is 5.69 Å². The summed E-state index contributed by atoms with van der Waals surface area (Å²) in [5.41, 5.74) is 4.72. The maximum Gasteiger partial charge on any atom is 0.242 e. The van der Waals surface area contributed by atoms with Gasteiger partial charge < -0.3 is 5.32 Å². The minimum Gasteiger partial charge on any atom is -0.326 e. The molecule has 0 radical (unpaired) electrons. The van der Waals surface area contributed by atoms with Crippen molar-refractivity contribution in [3.05, 3.63) is 71.8 Å². The molecule has 1 aliphatic heterocycles. The number of benzene rings is 2. The summed E-state index contributed by atoms with van der Waals surface area (Å²) in [7, 11) is 0. The lowest BCUT2D eigenvalue weighted by atomic mass is 10.1. The quantitative estimate of drug-likeness (QED) is 0.703. The highest BCUT2D eigenvalue weighted by Gasteiger charge is 2.38. The molecule has 150 valence electrons. The van der Waals surface area contributed by atoms with Crippen LogP contribution in [0.3, 0.4) is 0 Å². The molecule has 0 spiro atoms. The van der Waals surface area contributed by atoms with E-state index >= 15 is 0 Å². The van der Waals surface area contributed by atoms with E-state index in [2.05, 4.69) is 11.9 Å². The number of anilines is 1. The van der Waals surface area contributed by atoms with E-state index in [9.17, 15) is 9.59 Å². The topological polar surface area (TPSA) is 61.8 Å². The van der Waals surface area contributed by atoms with Crippen LogP contribution in [0.15, 0.2) is 60.1 Å². The van der Waals surface area contributed by atoms with Gasteiger partial charge in [0.15, 0.2) is 5.17 Å². The van der Waals surface area contributed by atoms with Crippen molar-refractivity contribution < 1.29 is 9.59 Å². The van der Waals surface area contributed by atoms with Crippen LogP contribution in [0.25, 0.3) is 0 Å². The zero-order valence-corrected chi connectivity index (χ0v) is 17.8. The van der Waals surface area contributed by atoms with Crippen molar-refractivity contribution >= 4 is 40.1 Å². The van der Waals surface area contributed by atoms with Gasteiger partial charge in [-0.05, 0) is 49.6 Å². The average Bonchev–Trinajstić information content (AvgIpc) is 2.96. The second kappa shape index (κ2) is 9.09. The second-order valence-electron chi connectivity index (χ2n) is 7.10. The van der Waals surface area contributed by atoms with Crippen LogP contribution in [0, 0.1) is 20.8 Å². The lowest BCUT2D eigenvalue weighted by Gasteiger charge is -2.14. The van der Waals surface area contributed by atoms with Gasteiger partial charge in [0.25, 0.3) is 0 Å². The van der Waals surface area contributed by atoms with E-state index in [0.717, 1.165) is 28.1 Å². The largest absolute Gasteiger partial charge is 0.326 e. The number of aliphatic imine (C=N–C) groups is 1. The Balaban J connectivity index is 1.79. The first-order valence-electron chi connectivity index (χ1n) is 9.49. The van der Waals surface area contributed by atoms with E-state index in [1.54, 1.807) is 11.0 Å². The normalized spacial score (nSPS) is 17.6. The molecule has 29 heavy (non-hydrogen) atoms. The molecule has 2 aromatic rings. The molecule has 5 nitrogen and oxygen atoms in total. The third-order valence-electron chi connectivity index (χ3n) is 4.70. The predicted molar refractivity (Wildman–Crippen MR) is 121 cm³/mol. The fraction of sp³-hybridized carbons (Fsp3) is 0.261. The number of amidine groups is 1. The number of aryl methyl sites for hydroxylation is 3. The summed E-state index contributed by atoms with van der Waals surface area (Å²) in [6.07, 6.45) is 1.77. The Hall–Kier alpha value is -2.86. The monoisotopic (exact) mass is 407 g/mol. The molecular weight excluding hydrogens is 382 g/mol. The summed E-state index contributed by atoms with van der Waals surface area (Å²) in [4.78, 5) is 31.8. The SMILES string of the molecule is C=CCN1C(=O)[C@@H](CC(=O)Nc2ccccc2C)SC1=Nc1cc(C)ccc1C. The molecule has 0 aromatic heterocycles. The van der Waals surface area contributed by atoms with Crippen LogP contribution < -0.4 is 5.32 Å². The van der Waals surface area contributed by atoms with Gasteiger partial charge in [-0.25, -0.2) is 4.99 Å². The highest BCUT2D eigenvalue weighted by atomic mass is 32.2. The molecule has 2 amide bonds. The van der Waals surface area contributed by atoms with Crippen molar-refractivity contribution in [2.45, 2.75) is 32.4 Å². The first-order valence-corrected chi connectivity index (χ1v) is 10.4. The van der Waals surface area contributed by atoms with Gasteiger partial charge in [-0.2, -0.15) is 0 Å². The number of nitrogens with one attached hydrogen (secondary N) is 1. The van der Waals surface area contributed by atoms with Crippen LogP contribution in [0.2, 0.25) is 0 Å². The van der Waals surface area contributed by atoms with E-state index in [1.165, 1.54) is 11.8 Å². The van der Waals surface area contributed by atoms with Crippen LogP contribution in [-0.2, 0) is 9.59 Å². The van der Waals surface area contributed by atoms with Gasteiger partial charge in [-0.15, -0.1) is 6.58 Å². The summed E-state index contributed by atoms with van der Waals surface area (Å²) < 4.78 is 0. The summed E-state index contributed by atoms with van der Waals surface area (Å²) in [6, 6.07) is 13.6. The Kier molecular flexibility index (Phi) is 6.54. The Morgan fingerprint density at radius 3 is 2.69 bits per heavy atom. The molecule has 1 saturated heterocycles. The maximum absolute atomic E-state index is 12.9. The van der Waals surface area contributed by atoms with Crippen molar-refractivity contribution in [1.82, 2.24) is 4.90 Å². The molecular formula is C23H25N3O2S. The molecule has 6 heteroatoms. The summed E-state index contributed by atoms with van der Waals surface area (Å²) in [6.45, 7) is 10.1. The number of carbonyl (C=O) groups is 2. The molecule has 1 N–H and O–H groups in total. The van der Waals surface area contributed by atoms with Crippen LogP contribution in [0.5, 0.6) is 0 Å². The van der Waals surface area contributed by atoms with E-state index in [-0.39, 0.29) is 18.2 Å². The first-order chi connectivity index (χ1) is 13.9. The minimum absolute atomic E-state index is 0.0945. The molecule has 0 aliphatic carbocycles. The molecule has 0 bridgehead atoms. The maximum atomic E-state index is 12.9. The van der Waals surface area contributed by atoms with E-state index in [0.29, 0.717) is 11.7 Å². The van der Waals surface area contributed by atoms with Gasteiger partial charge in [-0.3, -0.25) is 14.5 Å². The van der Waals surface area contributed by atoms with Gasteiger partial charge in [-0.1, -0.05) is 48.2 Å². The third-order valence-corrected chi connectivity index (χ3v) is 5.88. The third kappa shape index (κ3) is 4.95. The van der Waals surface area contributed by atoms with Crippen molar-refractivity contribution in [3.63, 3.8) is 0 Å². The number of hydrogen-bond donors (Lipinski definition) is 1. The van der Waals surface area contributed by atoms with Crippen molar-refractivity contribution in [2.75, 3.05) is 11.9 Å². The standard InChI is InChI=1S/C23H25N3O2S/c1-5-12-26-22(28)20(14-21(27)24-18-9-7-6-8-16(18)3)29-23(26)25-19-13-15(2)10-11-17(19)4/h5-11,13,20H,1,12,14H2,2-4H3,(H,24,27)/t20-/m1/s1. The van der Waals surface area contributed by atoms with E-state index in [1.807, 2.05) is 63.2 Å². The number of para-hydroxylation sites is 1. The first kappa shape index (κ1) is 20.9. The average molecular weight is 408 g/mol. The van der Waals surface area contributed by atoms with Crippen molar-refractivity contribution in [3.8, 4) is 0 Å². The number of carbonyl (C=O) groups excluding carboxylic acids is 2. The zero-order chi connectivity index (χ0) is 21.0. The van der Waals surface area contributed by atoms with E-state index < -0.39 is 5.25 Å². The fourth-order valence-corrected chi connectivity index (χ4v) is 4.21. The number of nitrogens with zero attached hydrogens (tertiary/aromatic N) is 2. The molecule has 0 unspecified atom stereocenters. The zero-order valence-electron chi connectivity index (χ0n) is 16.9. The Bertz CT molecular complexity index is 984. The van der Waals surface area contributed by atoms with Crippen LogP contribution in [0.4, 0.5) is 11.4 Å². The Labute approximate surface area is 175 Å². The van der Waals surface area contributed by atoms with Gasteiger partial charge in [0.2, 0.25) is 11.8 Å². The molecule has 3 rings (SSSR count). The number of hydrogen-bond acceptors (Lipinski definition) is 4. The fourth-order valence-electron chi connectivity index (χ4n) is 3.05. The van der Waals surface area contributed by atoms with Crippen LogP contribution in [0.1, 0.15) is 23.1 Å². The number of rotatable bonds is 6. The molecule has 1 aliphatic rings. The molecule has 1 heterocycles. The van der Waals surface area contributed by atoms with Crippen LogP contribution >= 0.6 is 11.8 Å². The van der Waals surface area contributed by atoms with Gasteiger partial charge >= 0.3 is 0 Å². The smallest absolute Gasteiger partial charge is 0.242 e. The Morgan fingerprint density at radius 1 is 1.21 bits per heavy atom. The van der Waals surface area contributed by atoms with E-state index in [4.69, 9.17) is 4.99 Å². The van der Waals surface area contributed by atoms with Gasteiger partial charge in [0.1, 0.15) is 5.25 Å². The van der Waals surface area contributed by atoms with Crippen molar-refractivity contribution in [2.24, 2.45) is 4.99 Å². The minimum atomic E-state index is -0.497. The summed E-state index contributed by atoms with van der Waals surface area (Å²) >= 11 is 1.34. The summed E-state index contributed by atoms with van der Waals surface area (Å²) in [5, 5.41) is 3.01. The molecule has 1 atom stereocenters. The second-order valence-corrected chi connectivity index (χ2v) is 8.27. The lowest BCUT2D eigenvalue weighted by Crippen LogP contribution is -2.33. The number of thioether (sulfide) groups is 1. The lowest BCUT2D eigenvalue weighted by molar-refractivity contribution is -0.127.